The molecule has 156 valence electrons. The summed E-state index contributed by atoms with van der Waals surface area (Å²) in [6.07, 6.45) is 20.8. The molecule has 0 N–H and O–H groups in total. The maximum absolute atomic E-state index is 4.75. The predicted octanol–water partition coefficient (Wildman–Crippen LogP) is 7.18. The van der Waals surface area contributed by atoms with E-state index >= 15 is 0 Å². The van der Waals surface area contributed by atoms with Crippen LogP contribution >= 0.6 is 0 Å². The third-order valence-electron chi connectivity index (χ3n) is 5.65. The number of aromatic nitrogens is 2. The quantitative estimate of drug-likeness (QED) is 0.286. The van der Waals surface area contributed by atoms with Crippen LogP contribution in [0, 0.1) is 13.8 Å². The molecule has 1 aromatic heterocycles. The lowest BCUT2D eigenvalue weighted by Gasteiger charge is -2.15. The molecule has 0 unspecified atom stereocenters. The molecule has 0 aromatic carbocycles. The van der Waals surface area contributed by atoms with Crippen molar-refractivity contribution >= 4 is 5.95 Å². The van der Waals surface area contributed by atoms with Gasteiger partial charge in [0.1, 0.15) is 0 Å². The Labute approximate surface area is 169 Å². The van der Waals surface area contributed by atoms with E-state index in [0.29, 0.717) is 0 Å². The van der Waals surface area contributed by atoms with Crippen LogP contribution in [0.15, 0.2) is 0 Å². The molecule has 0 atom stereocenters. The highest BCUT2D eigenvalue weighted by molar-refractivity contribution is 5.34. The molecule has 0 saturated carbocycles. The molecule has 0 radical (unpaired) electrons. The normalized spacial score (nSPS) is 11.1. The van der Waals surface area contributed by atoms with Crippen molar-refractivity contribution in [2.45, 2.75) is 117 Å². The van der Waals surface area contributed by atoms with Gasteiger partial charge in [-0.05, 0) is 32.3 Å². The molecule has 0 bridgehead atoms. The molecule has 27 heavy (non-hydrogen) atoms. The summed E-state index contributed by atoms with van der Waals surface area (Å²) in [7, 11) is 4.03. The van der Waals surface area contributed by atoms with Crippen LogP contribution in [-0.4, -0.2) is 24.1 Å². The Morgan fingerprint density at radius 1 is 0.630 bits per heavy atom. The molecule has 1 aromatic rings. The Bertz CT molecular complexity index is 497. The fourth-order valence-corrected chi connectivity index (χ4v) is 3.60. The van der Waals surface area contributed by atoms with E-state index in [1.165, 1.54) is 101 Å². The first-order chi connectivity index (χ1) is 13.1. The second kappa shape index (κ2) is 14.9. The predicted molar refractivity (Wildman–Crippen MR) is 120 cm³/mol. The summed E-state index contributed by atoms with van der Waals surface area (Å²) >= 11 is 0. The van der Waals surface area contributed by atoms with E-state index in [9.17, 15) is 0 Å². The van der Waals surface area contributed by atoms with E-state index in [1.54, 1.807) is 0 Å². The van der Waals surface area contributed by atoms with Crippen molar-refractivity contribution in [3.05, 3.63) is 17.0 Å². The van der Waals surface area contributed by atoms with E-state index in [-0.39, 0.29) is 0 Å². The number of nitrogens with zero attached hydrogens (tertiary/aromatic N) is 3. The molecule has 0 aliphatic carbocycles. The van der Waals surface area contributed by atoms with Crippen LogP contribution in [0.3, 0.4) is 0 Å². The first-order valence-corrected chi connectivity index (χ1v) is 11.6. The number of aryl methyl sites for hydroxylation is 2. The van der Waals surface area contributed by atoms with Crippen molar-refractivity contribution in [1.82, 2.24) is 9.97 Å². The number of anilines is 1. The molecule has 0 aliphatic rings. The molecule has 3 nitrogen and oxygen atoms in total. The third kappa shape index (κ3) is 10.7. The van der Waals surface area contributed by atoms with Crippen LogP contribution in [0.1, 0.15) is 114 Å². The van der Waals surface area contributed by atoms with Crippen LogP contribution in [0.25, 0.3) is 0 Å². The summed E-state index contributed by atoms with van der Waals surface area (Å²) in [5.41, 5.74) is 3.63. The second-order valence-corrected chi connectivity index (χ2v) is 8.42. The molecule has 1 heterocycles. The van der Waals surface area contributed by atoms with Gasteiger partial charge in [-0.15, -0.1) is 0 Å². The van der Waals surface area contributed by atoms with Crippen molar-refractivity contribution in [2.75, 3.05) is 19.0 Å². The minimum absolute atomic E-state index is 0.846. The average molecular weight is 376 g/mol. The van der Waals surface area contributed by atoms with E-state index in [0.717, 1.165) is 18.1 Å². The van der Waals surface area contributed by atoms with Gasteiger partial charge in [0.15, 0.2) is 0 Å². The van der Waals surface area contributed by atoms with E-state index in [2.05, 4.69) is 25.8 Å². The number of hydrogen-bond acceptors (Lipinski definition) is 3. The Balaban J connectivity index is 2.02. The number of rotatable bonds is 16. The molecule has 0 spiro atoms. The van der Waals surface area contributed by atoms with E-state index in [4.69, 9.17) is 4.98 Å². The van der Waals surface area contributed by atoms with E-state index in [1.807, 2.05) is 19.0 Å². The van der Waals surface area contributed by atoms with Gasteiger partial charge in [0.05, 0.1) is 0 Å². The summed E-state index contributed by atoms with van der Waals surface area (Å²) in [4.78, 5) is 11.3. The lowest BCUT2D eigenvalue weighted by Crippen LogP contribution is -2.15. The Morgan fingerprint density at radius 3 is 1.52 bits per heavy atom. The Kier molecular flexibility index (Phi) is 13.2. The van der Waals surface area contributed by atoms with Crippen LogP contribution in [0.2, 0.25) is 0 Å². The van der Waals surface area contributed by atoms with Crippen molar-refractivity contribution < 1.29 is 0 Å². The van der Waals surface area contributed by atoms with Gasteiger partial charge in [-0.25, -0.2) is 9.97 Å². The summed E-state index contributed by atoms with van der Waals surface area (Å²) in [5.74, 6) is 0.846. The van der Waals surface area contributed by atoms with Crippen LogP contribution in [0.4, 0.5) is 5.95 Å². The van der Waals surface area contributed by atoms with E-state index < -0.39 is 0 Å². The minimum atomic E-state index is 0.846. The van der Waals surface area contributed by atoms with Crippen LogP contribution < -0.4 is 4.90 Å². The van der Waals surface area contributed by atoms with Gasteiger partial charge in [-0.2, -0.15) is 0 Å². The van der Waals surface area contributed by atoms with Crippen molar-refractivity contribution in [2.24, 2.45) is 0 Å². The molecule has 1 rings (SSSR count). The van der Waals surface area contributed by atoms with Gasteiger partial charge in [0, 0.05) is 25.5 Å². The fraction of sp³-hybridized carbons (Fsp3) is 0.833. The zero-order valence-corrected chi connectivity index (χ0v) is 18.9. The molecule has 0 saturated heterocycles. The van der Waals surface area contributed by atoms with Gasteiger partial charge < -0.3 is 4.90 Å². The summed E-state index contributed by atoms with van der Waals surface area (Å²) in [5, 5.41) is 0. The highest BCUT2D eigenvalue weighted by atomic mass is 15.2. The van der Waals surface area contributed by atoms with Crippen LogP contribution in [-0.2, 0) is 6.42 Å². The lowest BCUT2D eigenvalue weighted by atomic mass is 10.0. The van der Waals surface area contributed by atoms with Crippen molar-refractivity contribution in [1.29, 1.82) is 0 Å². The standard InChI is InChI=1S/C24H45N3/c1-6-7-8-9-10-11-12-13-14-15-16-17-18-19-20-23-21(2)22(3)25-24(26-23)27(4)5/h6-20H2,1-5H3. The van der Waals surface area contributed by atoms with Crippen molar-refractivity contribution in [3.63, 3.8) is 0 Å². The van der Waals surface area contributed by atoms with Gasteiger partial charge in [0.2, 0.25) is 5.95 Å². The van der Waals surface area contributed by atoms with Gasteiger partial charge in [-0.3, -0.25) is 0 Å². The summed E-state index contributed by atoms with van der Waals surface area (Å²) in [6, 6.07) is 0. The number of unbranched alkanes of at least 4 members (excludes halogenated alkanes) is 13. The average Bonchev–Trinajstić information content (AvgIpc) is 2.64. The largest absolute Gasteiger partial charge is 0.347 e. The molecule has 3 heteroatoms. The highest BCUT2D eigenvalue weighted by Crippen LogP contribution is 2.17. The van der Waals surface area contributed by atoms with Gasteiger partial charge in [-0.1, -0.05) is 90.4 Å². The first-order valence-electron chi connectivity index (χ1n) is 11.6. The topological polar surface area (TPSA) is 29.0 Å². The summed E-state index contributed by atoms with van der Waals surface area (Å²) in [6.45, 7) is 6.55. The Morgan fingerprint density at radius 2 is 1.07 bits per heavy atom. The zero-order valence-electron chi connectivity index (χ0n) is 18.9. The highest BCUT2D eigenvalue weighted by Gasteiger charge is 2.09. The maximum atomic E-state index is 4.75. The Hall–Kier alpha value is -1.12. The molecule has 0 amide bonds. The maximum Gasteiger partial charge on any atom is 0.225 e. The van der Waals surface area contributed by atoms with Gasteiger partial charge >= 0.3 is 0 Å². The smallest absolute Gasteiger partial charge is 0.225 e. The molecular formula is C24H45N3. The summed E-state index contributed by atoms with van der Waals surface area (Å²) < 4.78 is 0. The molecule has 0 aliphatic heterocycles. The molecular weight excluding hydrogens is 330 g/mol. The number of hydrogen-bond donors (Lipinski definition) is 0. The zero-order chi connectivity index (χ0) is 19.9. The van der Waals surface area contributed by atoms with Crippen LogP contribution in [0.5, 0.6) is 0 Å². The second-order valence-electron chi connectivity index (χ2n) is 8.42. The van der Waals surface area contributed by atoms with Crippen molar-refractivity contribution in [3.8, 4) is 0 Å². The third-order valence-corrected chi connectivity index (χ3v) is 5.65. The minimum Gasteiger partial charge on any atom is -0.347 e. The first kappa shape index (κ1) is 23.9. The molecule has 0 fully saturated rings. The SMILES string of the molecule is CCCCCCCCCCCCCCCCc1nc(N(C)C)nc(C)c1C. The lowest BCUT2D eigenvalue weighted by molar-refractivity contribution is 0.535. The van der Waals surface area contributed by atoms with Gasteiger partial charge in [0.25, 0.3) is 0 Å². The fourth-order valence-electron chi connectivity index (χ4n) is 3.60. The monoisotopic (exact) mass is 375 g/mol.